The van der Waals surface area contributed by atoms with Gasteiger partial charge in [-0.1, -0.05) is 0 Å². The van der Waals surface area contributed by atoms with Crippen LogP contribution >= 0.6 is 0 Å². The Kier molecular flexibility index (Phi) is 6.02. The summed E-state index contributed by atoms with van der Waals surface area (Å²) < 4.78 is 48.1. The van der Waals surface area contributed by atoms with Crippen LogP contribution in [0, 0.1) is 0 Å². The van der Waals surface area contributed by atoms with E-state index >= 15 is 0 Å². The van der Waals surface area contributed by atoms with Crippen LogP contribution in [0.3, 0.4) is 0 Å². The number of aryl methyl sites for hydroxylation is 1. The first kappa shape index (κ1) is 23.4. The van der Waals surface area contributed by atoms with Crippen molar-refractivity contribution in [2.45, 2.75) is 19.2 Å². The predicted molar refractivity (Wildman–Crippen MR) is 127 cm³/mol. The summed E-state index contributed by atoms with van der Waals surface area (Å²) in [7, 11) is 1.78. The van der Waals surface area contributed by atoms with E-state index in [1.807, 2.05) is 29.8 Å². The van der Waals surface area contributed by atoms with Crippen molar-refractivity contribution < 1.29 is 22.7 Å². The van der Waals surface area contributed by atoms with Gasteiger partial charge in [-0.3, -0.25) is 18.9 Å². The number of hydrogen-bond donors (Lipinski definition) is 1. The van der Waals surface area contributed by atoms with Crippen LogP contribution in [-0.4, -0.2) is 64.0 Å². The Bertz CT molecular complexity index is 1370. The molecule has 184 valence electrons. The van der Waals surface area contributed by atoms with Gasteiger partial charge in [0.25, 0.3) is 5.91 Å². The van der Waals surface area contributed by atoms with Crippen LogP contribution in [0.5, 0.6) is 0 Å². The highest BCUT2D eigenvalue weighted by Gasteiger charge is 2.30. The Balaban J connectivity index is 1.42. The van der Waals surface area contributed by atoms with Gasteiger partial charge in [0.15, 0.2) is 5.65 Å². The van der Waals surface area contributed by atoms with E-state index in [4.69, 9.17) is 4.74 Å². The highest BCUT2D eigenvalue weighted by atomic mass is 19.4. The molecule has 1 aliphatic heterocycles. The molecule has 0 aliphatic carbocycles. The van der Waals surface area contributed by atoms with E-state index in [1.165, 1.54) is 12.1 Å². The van der Waals surface area contributed by atoms with Crippen molar-refractivity contribution in [2.24, 2.45) is 7.05 Å². The van der Waals surface area contributed by atoms with Crippen molar-refractivity contribution in [2.75, 3.05) is 32.8 Å². The van der Waals surface area contributed by atoms with Gasteiger partial charge in [-0.15, -0.1) is 0 Å². The molecule has 1 aliphatic rings. The summed E-state index contributed by atoms with van der Waals surface area (Å²) in [6.45, 7) is 5.71. The van der Waals surface area contributed by atoms with E-state index in [2.05, 4.69) is 15.3 Å². The van der Waals surface area contributed by atoms with Crippen LogP contribution in [-0.2, 0) is 18.0 Å². The Labute approximate surface area is 200 Å². The first-order valence-electron chi connectivity index (χ1n) is 11.5. The van der Waals surface area contributed by atoms with Gasteiger partial charge in [-0.25, -0.2) is 0 Å². The molecule has 1 fully saturated rings. The molecule has 1 amide bonds. The predicted octanol–water partition coefficient (Wildman–Crippen LogP) is 3.99. The molecule has 0 radical (unpaired) electrons. The molecule has 4 aromatic rings. The average molecular weight is 486 g/mol. The molecule has 2 aromatic heterocycles. The number of benzene rings is 2. The quantitative estimate of drug-likeness (QED) is 0.465. The van der Waals surface area contributed by atoms with Crippen LogP contribution < -0.4 is 5.32 Å². The highest BCUT2D eigenvalue weighted by molar-refractivity contribution is 6.10. The Morgan fingerprint density at radius 3 is 2.66 bits per heavy atom. The molecule has 2 aromatic carbocycles. The summed E-state index contributed by atoms with van der Waals surface area (Å²) >= 11 is 0. The number of carbonyl (C=O) groups excluding carboxylic acids is 1. The number of nitrogens with one attached hydrogen (secondary N) is 1. The first-order chi connectivity index (χ1) is 16.7. The van der Waals surface area contributed by atoms with Gasteiger partial charge in [0, 0.05) is 61.4 Å². The van der Waals surface area contributed by atoms with E-state index in [-0.39, 0.29) is 12.0 Å². The zero-order valence-electron chi connectivity index (χ0n) is 19.5. The fraction of sp³-hybridized carbons (Fsp3) is 0.360. The lowest BCUT2D eigenvalue weighted by Crippen LogP contribution is -2.44. The summed E-state index contributed by atoms with van der Waals surface area (Å²) in [5, 5.41) is 9.13. The zero-order valence-corrected chi connectivity index (χ0v) is 19.5. The maximum absolute atomic E-state index is 13.0. The van der Waals surface area contributed by atoms with Crippen molar-refractivity contribution in [3.05, 3.63) is 59.8 Å². The number of alkyl halides is 3. The molecule has 1 saturated heterocycles. The summed E-state index contributed by atoms with van der Waals surface area (Å²) in [5.74, 6) is -0.174. The number of nitrogens with zero attached hydrogens (tertiary/aromatic N) is 4. The van der Waals surface area contributed by atoms with E-state index in [1.54, 1.807) is 17.8 Å². The minimum absolute atomic E-state index is 0.174. The van der Waals surface area contributed by atoms with Crippen molar-refractivity contribution in [1.82, 2.24) is 24.6 Å². The van der Waals surface area contributed by atoms with Gasteiger partial charge >= 0.3 is 6.18 Å². The lowest BCUT2D eigenvalue weighted by molar-refractivity contribution is -0.137. The van der Waals surface area contributed by atoms with E-state index < -0.39 is 11.7 Å². The van der Waals surface area contributed by atoms with Crippen LogP contribution in [0.2, 0.25) is 0 Å². The SMILES string of the molecule is CC1CN(CCNC(=O)c2ccc3c(c2)c2cn(C)nc2n3-c2ccc(C(F)(F)F)cc2)CCO1. The maximum Gasteiger partial charge on any atom is 0.416 e. The number of rotatable bonds is 5. The van der Waals surface area contributed by atoms with Gasteiger partial charge < -0.3 is 10.1 Å². The monoisotopic (exact) mass is 485 g/mol. The molecule has 35 heavy (non-hydrogen) atoms. The molecule has 0 bridgehead atoms. The number of amides is 1. The number of morpholine rings is 1. The third kappa shape index (κ3) is 4.63. The van der Waals surface area contributed by atoms with Crippen LogP contribution in [0.4, 0.5) is 13.2 Å². The van der Waals surface area contributed by atoms with Crippen molar-refractivity contribution in [3.63, 3.8) is 0 Å². The lowest BCUT2D eigenvalue weighted by atomic mass is 10.1. The number of ether oxygens (including phenoxy) is 1. The molecule has 5 rings (SSSR count). The summed E-state index contributed by atoms with van der Waals surface area (Å²) in [6.07, 6.45) is -2.36. The number of carbonyl (C=O) groups is 1. The third-order valence-corrected chi connectivity index (χ3v) is 6.30. The second-order valence-electron chi connectivity index (χ2n) is 8.89. The Hall–Kier alpha value is -3.37. The number of hydrogen-bond acceptors (Lipinski definition) is 4. The molecule has 3 heterocycles. The second kappa shape index (κ2) is 9.01. The van der Waals surface area contributed by atoms with Gasteiger partial charge in [0.1, 0.15) is 0 Å². The molecular weight excluding hydrogens is 459 g/mol. The molecule has 1 atom stereocenters. The topological polar surface area (TPSA) is 64.3 Å². The van der Waals surface area contributed by atoms with Crippen molar-refractivity contribution >= 4 is 27.8 Å². The Morgan fingerprint density at radius 1 is 1.17 bits per heavy atom. The van der Waals surface area contributed by atoms with Gasteiger partial charge in [0.05, 0.1) is 23.8 Å². The first-order valence-corrected chi connectivity index (χ1v) is 11.5. The van der Waals surface area contributed by atoms with E-state index in [0.717, 1.165) is 48.1 Å². The summed E-state index contributed by atoms with van der Waals surface area (Å²) in [6, 6.07) is 10.3. The Morgan fingerprint density at radius 2 is 1.94 bits per heavy atom. The van der Waals surface area contributed by atoms with Gasteiger partial charge in [-0.2, -0.15) is 18.3 Å². The minimum Gasteiger partial charge on any atom is -0.376 e. The molecule has 1 N–H and O–H groups in total. The molecule has 0 spiro atoms. The van der Waals surface area contributed by atoms with E-state index in [9.17, 15) is 18.0 Å². The molecule has 7 nitrogen and oxygen atoms in total. The van der Waals surface area contributed by atoms with Crippen LogP contribution in [0.15, 0.2) is 48.7 Å². The normalized spacial score (nSPS) is 17.3. The number of aromatic nitrogens is 3. The lowest BCUT2D eigenvalue weighted by Gasteiger charge is -2.30. The van der Waals surface area contributed by atoms with Crippen LogP contribution in [0.25, 0.3) is 27.6 Å². The van der Waals surface area contributed by atoms with Crippen LogP contribution in [0.1, 0.15) is 22.8 Å². The molecular formula is C25H26F3N5O2. The fourth-order valence-electron chi connectivity index (χ4n) is 4.62. The van der Waals surface area contributed by atoms with Gasteiger partial charge in [0.2, 0.25) is 0 Å². The molecule has 10 heteroatoms. The third-order valence-electron chi connectivity index (χ3n) is 6.30. The molecule has 1 unspecified atom stereocenters. The highest BCUT2D eigenvalue weighted by Crippen LogP contribution is 2.34. The fourth-order valence-corrected chi connectivity index (χ4v) is 4.62. The number of fused-ring (bicyclic) bond motifs is 3. The van der Waals surface area contributed by atoms with Gasteiger partial charge in [-0.05, 0) is 49.4 Å². The van der Waals surface area contributed by atoms with Crippen molar-refractivity contribution in [1.29, 1.82) is 0 Å². The smallest absolute Gasteiger partial charge is 0.376 e. The van der Waals surface area contributed by atoms with Crippen molar-refractivity contribution in [3.8, 4) is 5.69 Å². The average Bonchev–Trinajstić information content (AvgIpc) is 3.33. The molecule has 0 saturated carbocycles. The second-order valence-corrected chi connectivity index (χ2v) is 8.89. The minimum atomic E-state index is -4.40. The zero-order chi connectivity index (χ0) is 24.7. The summed E-state index contributed by atoms with van der Waals surface area (Å²) in [5.41, 5.74) is 1.75. The maximum atomic E-state index is 13.0. The van der Waals surface area contributed by atoms with E-state index in [0.29, 0.717) is 30.0 Å². The summed E-state index contributed by atoms with van der Waals surface area (Å²) in [4.78, 5) is 15.1. The standard InChI is InChI=1S/C25H26F3N5O2/c1-16-14-32(11-12-35-16)10-9-29-24(34)17-3-8-22-20(13-17)21-15-31(2)30-23(21)33(22)19-6-4-18(5-7-19)25(26,27)28/h3-8,13,15-16H,9-12,14H2,1-2H3,(H,29,34). The number of halogens is 3. The largest absolute Gasteiger partial charge is 0.416 e.